The van der Waals surface area contributed by atoms with Gasteiger partial charge in [-0.15, -0.1) is 0 Å². The second-order valence-corrected chi connectivity index (χ2v) is 5.82. The van der Waals surface area contributed by atoms with Crippen molar-refractivity contribution >= 4 is 24.0 Å². The summed E-state index contributed by atoms with van der Waals surface area (Å²) in [5, 5.41) is 1.88. The van der Waals surface area contributed by atoms with Crippen LogP contribution in [0.4, 0.5) is 0 Å². The maximum Gasteiger partial charge on any atom is 0.248 e. The molecule has 1 aromatic carbocycles. The van der Waals surface area contributed by atoms with Gasteiger partial charge in [0.15, 0.2) is 0 Å². The summed E-state index contributed by atoms with van der Waals surface area (Å²) in [6, 6.07) is 9.23. The third-order valence-electron chi connectivity index (χ3n) is 3.80. The number of aromatic nitrogens is 1. The minimum atomic E-state index is -0.423. The van der Waals surface area contributed by atoms with E-state index in [9.17, 15) is 4.79 Å². The monoisotopic (exact) mass is 324 g/mol. The van der Waals surface area contributed by atoms with Gasteiger partial charge >= 0.3 is 0 Å². The number of nitrogens with two attached hydrogens (primary N) is 2. The van der Waals surface area contributed by atoms with Crippen LogP contribution in [0.3, 0.4) is 0 Å². The fraction of sp³-hybridized carbons (Fsp3) is 0.263. The molecule has 0 fully saturated rings. The molecule has 0 saturated heterocycles. The highest BCUT2D eigenvalue weighted by atomic mass is 16.1. The highest BCUT2D eigenvalue weighted by molar-refractivity contribution is 5.92. The van der Waals surface area contributed by atoms with E-state index in [0.29, 0.717) is 17.9 Å². The third kappa shape index (κ3) is 4.13. The number of primary amides is 1. The van der Waals surface area contributed by atoms with Gasteiger partial charge in [-0.25, -0.2) is 4.99 Å². The molecule has 0 bridgehead atoms. The molecule has 0 aliphatic rings. The Labute approximate surface area is 142 Å². The summed E-state index contributed by atoms with van der Waals surface area (Å²) in [6.07, 6.45) is 3.72. The number of aliphatic imine (C=N–C) groups is 1. The van der Waals surface area contributed by atoms with Gasteiger partial charge in [-0.05, 0) is 42.3 Å². The molecule has 5 heteroatoms. The topological polar surface area (TPSA) is 86.4 Å². The van der Waals surface area contributed by atoms with Gasteiger partial charge in [0.25, 0.3) is 0 Å². The van der Waals surface area contributed by atoms with Crippen LogP contribution in [0.1, 0.15) is 42.6 Å². The Kier molecular flexibility index (Phi) is 5.58. The molecular weight excluding hydrogens is 300 g/mol. The molecule has 4 N–H and O–H groups in total. The van der Waals surface area contributed by atoms with Crippen LogP contribution in [0.25, 0.3) is 12.3 Å². The van der Waals surface area contributed by atoms with Gasteiger partial charge in [-0.1, -0.05) is 25.6 Å². The smallest absolute Gasteiger partial charge is 0.248 e. The third-order valence-corrected chi connectivity index (χ3v) is 3.80. The summed E-state index contributed by atoms with van der Waals surface area (Å²) in [6.45, 7) is 8.75. The van der Waals surface area contributed by atoms with E-state index in [2.05, 4.69) is 23.1 Å². The van der Waals surface area contributed by atoms with Crippen LogP contribution in [0.2, 0.25) is 0 Å². The Bertz CT molecular complexity index is 860. The van der Waals surface area contributed by atoms with Crippen molar-refractivity contribution in [2.24, 2.45) is 16.5 Å². The Morgan fingerprint density at radius 1 is 1.21 bits per heavy atom. The first-order valence-electron chi connectivity index (χ1n) is 7.99. The van der Waals surface area contributed by atoms with E-state index in [1.807, 2.05) is 31.3 Å². The molecule has 0 aliphatic carbocycles. The SMILES string of the molecule is C=c1ccn(Cc2ccc(C(N)=O)cc2)/c1=C(\C)N=C(N)CCC. The van der Waals surface area contributed by atoms with Gasteiger partial charge < -0.3 is 16.0 Å². The van der Waals surface area contributed by atoms with Gasteiger partial charge in [0.05, 0.1) is 16.9 Å². The molecule has 1 amide bonds. The maximum atomic E-state index is 11.2. The number of amides is 1. The molecule has 126 valence electrons. The molecule has 24 heavy (non-hydrogen) atoms. The second kappa shape index (κ2) is 7.64. The van der Waals surface area contributed by atoms with Crippen molar-refractivity contribution in [3.63, 3.8) is 0 Å². The highest BCUT2D eigenvalue weighted by Crippen LogP contribution is 2.05. The minimum absolute atomic E-state index is 0.423. The van der Waals surface area contributed by atoms with Crippen molar-refractivity contribution < 1.29 is 4.79 Å². The first-order valence-corrected chi connectivity index (χ1v) is 7.99. The van der Waals surface area contributed by atoms with Crippen molar-refractivity contribution in [1.29, 1.82) is 0 Å². The van der Waals surface area contributed by atoms with Crippen LogP contribution in [0.5, 0.6) is 0 Å². The Hall–Kier alpha value is -2.82. The minimum Gasteiger partial charge on any atom is -0.387 e. The summed E-state index contributed by atoms with van der Waals surface area (Å²) < 4.78 is 2.08. The average Bonchev–Trinajstić information content (AvgIpc) is 2.88. The molecule has 0 atom stereocenters. The molecule has 0 saturated carbocycles. The van der Waals surface area contributed by atoms with Crippen molar-refractivity contribution in [2.45, 2.75) is 33.2 Å². The van der Waals surface area contributed by atoms with Crippen LogP contribution >= 0.6 is 0 Å². The lowest BCUT2D eigenvalue weighted by molar-refractivity contribution is 0.100. The van der Waals surface area contributed by atoms with Crippen molar-refractivity contribution in [1.82, 2.24) is 4.57 Å². The van der Waals surface area contributed by atoms with Crippen molar-refractivity contribution in [3.05, 3.63) is 58.2 Å². The highest BCUT2D eigenvalue weighted by Gasteiger charge is 2.04. The van der Waals surface area contributed by atoms with Crippen LogP contribution in [0, 0.1) is 0 Å². The molecule has 1 heterocycles. The summed E-state index contributed by atoms with van der Waals surface area (Å²) in [4.78, 5) is 15.7. The number of hydrogen-bond acceptors (Lipinski definition) is 2. The maximum absolute atomic E-state index is 11.2. The molecular formula is C19H24N4O. The number of amidine groups is 1. The molecule has 5 nitrogen and oxygen atoms in total. The molecule has 0 aliphatic heterocycles. The quantitative estimate of drug-likeness (QED) is 0.620. The molecule has 2 aromatic rings. The number of carbonyl (C=O) groups excluding carboxylic acids is 1. The zero-order valence-electron chi connectivity index (χ0n) is 14.2. The van der Waals surface area contributed by atoms with E-state index in [0.717, 1.165) is 34.7 Å². The lowest BCUT2D eigenvalue weighted by Crippen LogP contribution is -2.30. The standard InChI is InChI=1S/C19H24N4O/c1-4-5-17(20)22-14(3)18-13(2)10-11-23(18)12-15-6-8-16(9-7-15)19(21)24/h6-11H,2,4-5,12H2,1,3H3,(H2,20,22)(H2,21,24)/b18-14+. The summed E-state index contributed by atoms with van der Waals surface area (Å²) >= 11 is 0. The van der Waals surface area contributed by atoms with E-state index < -0.39 is 5.91 Å². The van der Waals surface area contributed by atoms with Gasteiger partial charge in [-0.2, -0.15) is 0 Å². The Balaban J connectivity index is 2.38. The van der Waals surface area contributed by atoms with Gasteiger partial charge in [0, 0.05) is 24.7 Å². The van der Waals surface area contributed by atoms with Gasteiger partial charge in [0.1, 0.15) is 0 Å². The number of carbonyl (C=O) groups is 1. The molecule has 0 spiro atoms. The normalized spacial score (nSPS) is 13.0. The summed E-state index contributed by atoms with van der Waals surface area (Å²) in [5.41, 5.74) is 13.6. The zero-order valence-corrected chi connectivity index (χ0v) is 14.2. The average molecular weight is 324 g/mol. The predicted octanol–water partition coefficient (Wildman–Crippen LogP) is 1.33. The van der Waals surface area contributed by atoms with E-state index in [-0.39, 0.29) is 0 Å². The fourth-order valence-corrected chi connectivity index (χ4v) is 2.64. The van der Waals surface area contributed by atoms with Crippen LogP contribution in [-0.2, 0) is 6.54 Å². The first-order chi connectivity index (χ1) is 11.4. The molecule has 1 aromatic heterocycles. The predicted molar refractivity (Wildman–Crippen MR) is 98.9 cm³/mol. The molecule has 0 unspecified atom stereocenters. The van der Waals surface area contributed by atoms with Gasteiger partial charge in [0.2, 0.25) is 5.91 Å². The Morgan fingerprint density at radius 2 is 1.88 bits per heavy atom. The Morgan fingerprint density at radius 3 is 2.46 bits per heavy atom. The summed E-state index contributed by atoms with van der Waals surface area (Å²) in [5.74, 6) is 0.209. The van der Waals surface area contributed by atoms with Crippen molar-refractivity contribution in [2.75, 3.05) is 0 Å². The van der Waals surface area contributed by atoms with E-state index in [4.69, 9.17) is 11.5 Å². The van der Waals surface area contributed by atoms with E-state index in [1.165, 1.54) is 0 Å². The van der Waals surface area contributed by atoms with Crippen LogP contribution < -0.4 is 22.0 Å². The van der Waals surface area contributed by atoms with E-state index >= 15 is 0 Å². The molecule has 0 radical (unpaired) electrons. The number of hydrogen-bond donors (Lipinski definition) is 2. The van der Waals surface area contributed by atoms with Crippen molar-refractivity contribution in [3.8, 4) is 0 Å². The van der Waals surface area contributed by atoms with E-state index in [1.54, 1.807) is 12.1 Å². The molecule has 2 rings (SSSR count). The number of nitrogens with zero attached hydrogens (tertiary/aromatic N) is 2. The van der Waals surface area contributed by atoms with Gasteiger partial charge in [-0.3, -0.25) is 4.79 Å². The number of rotatable bonds is 6. The second-order valence-electron chi connectivity index (χ2n) is 5.82. The number of benzene rings is 1. The lowest BCUT2D eigenvalue weighted by atomic mass is 10.1. The fourth-order valence-electron chi connectivity index (χ4n) is 2.64. The largest absolute Gasteiger partial charge is 0.387 e. The lowest BCUT2D eigenvalue weighted by Gasteiger charge is -2.07. The zero-order chi connectivity index (χ0) is 17.7. The van der Waals surface area contributed by atoms with Crippen LogP contribution in [-0.4, -0.2) is 16.3 Å². The van der Waals surface area contributed by atoms with Crippen LogP contribution in [0.15, 0.2) is 41.5 Å². The first kappa shape index (κ1) is 17.5. The summed E-state index contributed by atoms with van der Waals surface area (Å²) in [7, 11) is 0.